The average molecular weight is 376 g/mol. The number of fused-ring (bicyclic) bond motifs is 1. The molecule has 0 bridgehead atoms. The zero-order valence-corrected chi connectivity index (χ0v) is 14.1. The summed E-state index contributed by atoms with van der Waals surface area (Å²) in [6.45, 7) is 0. The van der Waals surface area contributed by atoms with E-state index < -0.39 is 5.43 Å². The fourth-order valence-corrected chi connectivity index (χ4v) is 2.59. The van der Waals surface area contributed by atoms with Crippen molar-refractivity contribution >= 4 is 52.0 Å². The van der Waals surface area contributed by atoms with Crippen molar-refractivity contribution in [1.82, 2.24) is 0 Å². The number of halogens is 2. The lowest BCUT2D eigenvalue weighted by Gasteiger charge is -2.02. The van der Waals surface area contributed by atoms with Crippen molar-refractivity contribution in [3.8, 4) is 6.07 Å². The summed E-state index contributed by atoms with van der Waals surface area (Å²) in [6.07, 6.45) is 1.57. The summed E-state index contributed by atoms with van der Waals surface area (Å²) >= 11 is 11.9. The predicted molar refractivity (Wildman–Crippen MR) is 98.9 cm³/mol. The van der Waals surface area contributed by atoms with Crippen molar-refractivity contribution in [2.45, 2.75) is 0 Å². The molecule has 0 fully saturated rings. The Morgan fingerprint density at radius 1 is 1.20 bits per heavy atom. The van der Waals surface area contributed by atoms with Gasteiger partial charge in [0.25, 0.3) is 0 Å². The molecular weight excluding hydrogens is 365 g/mol. The molecule has 0 spiro atoms. The second-order valence-corrected chi connectivity index (χ2v) is 5.73. The van der Waals surface area contributed by atoms with Crippen molar-refractivity contribution in [1.29, 1.82) is 5.26 Å². The van der Waals surface area contributed by atoms with Gasteiger partial charge in [0.1, 0.15) is 11.7 Å². The van der Waals surface area contributed by atoms with E-state index >= 15 is 0 Å². The van der Waals surface area contributed by atoms with Crippen molar-refractivity contribution in [3.05, 3.63) is 67.8 Å². The van der Waals surface area contributed by atoms with E-state index in [0.717, 1.165) is 0 Å². The van der Waals surface area contributed by atoms with E-state index in [1.807, 2.05) is 0 Å². The zero-order chi connectivity index (χ0) is 17.3. The van der Waals surface area contributed by atoms with E-state index in [0.29, 0.717) is 21.3 Å². The molecule has 6 nitrogen and oxygen atoms in total. The van der Waals surface area contributed by atoms with E-state index in [1.54, 1.807) is 42.6 Å². The van der Waals surface area contributed by atoms with Gasteiger partial charge in [-0.2, -0.15) is 5.26 Å². The van der Waals surface area contributed by atoms with Crippen LogP contribution in [0.2, 0.25) is 10.0 Å². The van der Waals surface area contributed by atoms with E-state index in [9.17, 15) is 4.79 Å². The van der Waals surface area contributed by atoms with Crippen LogP contribution in [0.1, 0.15) is 11.1 Å². The average Bonchev–Trinajstić information content (AvgIpc) is 2.54. The maximum atomic E-state index is 12.1. The lowest BCUT2D eigenvalue weighted by Crippen LogP contribution is -2.09. The molecule has 25 heavy (non-hydrogen) atoms. The van der Waals surface area contributed by atoms with Gasteiger partial charge in [0.05, 0.1) is 16.1 Å². The Labute approximate surface area is 152 Å². The molecule has 2 aromatic carbocycles. The Bertz CT molecular complexity index is 1080. The van der Waals surface area contributed by atoms with Crippen LogP contribution >= 0.6 is 23.2 Å². The first-order chi connectivity index (χ1) is 11.5. The largest absolute Gasteiger partial charge is 0.439 e. The molecule has 4 N–H and O–H groups in total. The van der Waals surface area contributed by atoms with E-state index in [4.69, 9.17) is 38.6 Å². The van der Waals surface area contributed by atoms with Gasteiger partial charge in [0.2, 0.25) is 11.3 Å². The molecule has 1 aromatic heterocycles. The quantitative estimate of drug-likeness (QED) is 0.688. The van der Waals surface area contributed by atoms with Crippen molar-refractivity contribution in [3.63, 3.8) is 0 Å². The zero-order valence-electron chi connectivity index (χ0n) is 12.6. The van der Waals surface area contributed by atoms with Crippen molar-refractivity contribution < 1.29 is 9.89 Å². The minimum atomic E-state index is -0.465. The highest BCUT2D eigenvalue weighted by molar-refractivity contribution is 6.36. The van der Waals surface area contributed by atoms with Crippen molar-refractivity contribution in [2.75, 3.05) is 5.73 Å². The SMILES string of the molecule is N#Cc1c(N)oc2cc(N=Cc3ccc(Cl)cc3Cl)ccc2c1=O.O. The van der Waals surface area contributed by atoms with Gasteiger partial charge in [-0.1, -0.05) is 29.3 Å². The van der Waals surface area contributed by atoms with Crippen LogP contribution in [0.3, 0.4) is 0 Å². The van der Waals surface area contributed by atoms with Gasteiger partial charge < -0.3 is 15.6 Å². The molecule has 0 atom stereocenters. The Hall–Kier alpha value is -2.85. The number of rotatable bonds is 2. The van der Waals surface area contributed by atoms with Crippen LogP contribution in [-0.2, 0) is 0 Å². The summed E-state index contributed by atoms with van der Waals surface area (Å²) < 4.78 is 5.33. The van der Waals surface area contributed by atoms with Gasteiger partial charge in [-0.25, -0.2) is 0 Å². The molecule has 0 unspecified atom stereocenters. The predicted octanol–water partition coefficient (Wildman–Crippen LogP) is 3.48. The van der Waals surface area contributed by atoms with Crippen LogP contribution in [0.4, 0.5) is 11.6 Å². The third-order valence-corrected chi connectivity index (χ3v) is 3.89. The van der Waals surface area contributed by atoms with E-state index in [-0.39, 0.29) is 27.9 Å². The van der Waals surface area contributed by atoms with Gasteiger partial charge in [0.15, 0.2) is 5.56 Å². The summed E-state index contributed by atoms with van der Waals surface area (Å²) in [4.78, 5) is 16.4. The second kappa shape index (κ2) is 7.36. The van der Waals surface area contributed by atoms with Crippen molar-refractivity contribution in [2.24, 2.45) is 4.99 Å². The molecular formula is C17H11Cl2N3O3. The number of anilines is 1. The Morgan fingerprint density at radius 3 is 2.64 bits per heavy atom. The first kappa shape index (κ1) is 18.5. The molecule has 0 aliphatic rings. The first-order valence-electron chi connectivity index (χ1n) is 6.75. The molecule has 126 valence electrons. The Kier molecular flexibility index (Phi) is 5.45. The number of benzene rings is 2. The van der Waals surface area contributed by atoms with Crippen LogP contribution in [-0.4, -0.2) is 11.7 Å². The number of hydrogen-bond acceptors (Lipinski definition) is 5. The number of nitrogen functional groups attached to an aromatic ring is 1. The fourth-order valence-electron chi connectivity index (χ4n) is 2.14. The number of hydrogen-bond donors (Lipinski definition) is 1. The molecule has 0 saturated carbocycles. The van der Waals surface area contributed by atoms with Crippen LogP contribution in [0.25, 0.3) is 11.0 Å². The number of nitrogens with zero attached hydrogens (tertiary/aromatic N) is 2. The summed E-state index contributed by atoms with van der Waals surface area (Å²) in [5.74, 6) is -0.211. The molecule has 0 aliphatic heterocycles. The van der Waals surface area contributed by atoms with Crippen LogP contribution < -0.4 is 11.2 Å². The van der Waals surface area contributed by atoms with Gasteiger partial charge in [-0.05, 0) is 24.3 Å². The standard InChI is InChI=1S/C17H9Cl2N3O2.H2O/c18-10-2-1-9(14(19)5-10)8-22-11-3-4-12-15(6-11)24-17(21)13(7-20)16(12)23;/h1-6,8H,21H2;1H2. The van der Waals surface area contributed by atoms with E-state index in [2.05, 4.69) is 4.99 Å². The summed E-state index contributed by atoms with van der Waals surface area (Å²) in [6, 6.07) is 11.5. The van der Waals surface area contributed by atoms with Gasteiger partial charge in [-0.15, -0.1) is 0 Å². The molecule has 3 rings (SSSR count). The Morgan fingerprint density at radius 2 is 1.96 bits per heavy atom. The highest BCUT2D eigenvalue weighted by Crippen LogP contribution is 2.24. The molecule has 3 aromatic rings. The van der Waals surface area contributed by atoms with Gasteiger partial charge >= 0.3 is 0 Å². The summed E-state index contributed by atoms with van der Waals surface area (Å²) in [7, 11) is 0. The van der Waals surface area contributed by atoms with Gasteiger partial charge in [-0.3, -0.25) is 9.79 Å². The maximum Gasteiger partial charge on any atom is 0.212 e. The normalized spacial score (nSPS) is 10.6. The fraction of sp³-hybridized carbons (Fsp3) is 0. The third kappa shape index (κ3) is 3.64. The first-order valence-corrected chi connectivity index (χ1v) is 7.51. The smallest absolute Gasteiger partial charge is 0.212 e. The monoisotopic (exact) mass is 375 g/mol. The summed E-state index contributed by atoms with van der Waals surface area (Å²) in [5.41, 5.74) is 6.42. The second-order valence-electron chi connectivity index (χ2n) is 4.89. The minimum absolute atomic E-state index is 0. The lowest BCUT2D eigenvalue weighted by molar-refractivity contribution is 0.623. The third-order valence-electron chi connectivity index (χ3n) is 3.33. The topological polar surface area (TPSA) is 124 Å². The van der Waals surface area contributed by atoms with Gasteiger partial charge in [0, 0.05) is 22.9 Å². The minimum Gasteiger partial charge on any atom is -0.439 e. The van der Waals surface area contributed by atoms with Crippen LogP contribution in [0, 0.1) is 11.3 Å². The Balaban J connectivity index is 0.00000225. The molecule has 8 heteroatoms. The molecule has 1 heterocycles. The number of nitrogens with two attached hydrogens (primary N) is 1. The molecule has 0 radical (unpaired) electrons. The molecule has 0 amide bonds. The lowest BCUT2D eigenvalue weighted by atomic mass is 10.1. The number of aliphatic imine (C=N–C) groups is 1. The molecule has 0 aliphatic carbocycles. The molecule has 0 saturated heterocycles. The maximum absolute atomic E-state index is 12.1. The summed E-state index contributed by atoms with van der Waals surface area (Å²) in [5, 5.41) is 10.2. The van der Waals surface area contributed by atoms with Crippen LogP contribution in [0.15, 0.2) is 50.6 Å². The van der Waals surface area contributed by atoms with Crippen LogP contribution in [0.5, 0.6) is 0 Å². The van der Waals surface area contributed by atoms with E-state index in [1.165, 1.54) is 6.07 Å². The highest BCUT2D eigenvalue weighted by atomic mass is 35.5. The number of nitriles is 1. The highest BCUT2D eigenvalue weighted by Gasteiger charge is 2.11.